The van der Waals surface area contributed by atoms with Gasteiger partial charge in [0.05, 0.1) is 0 Å². The maximum atomic E-state index is 6.08. The predicted octanol–water partition coefficient (Wildman–Crippen LogP) is 4.65. The van der Waals surface area contributed by atoms with E-state index in [1.807, 2.05) is 25.1 Å². The van der Waals surface area contributed by atoms with Crippen molar-refractivity contribution in [2.45, 2.75) is 45.4 Å². The van der Waals surface area contributed by atoms with E-state index in [1.165, 1.54) is 31.4 Å². The Morgan fingerprint density at radius 3 is 2.60 bits per heavy atom. The molecule has 2 N–H and O–H groups in total. The van der Waals surface area contributed by atoms with Crippen molar-refractivity contribution in [3.8, 4) is 0 Å². The molecular weight excluding hydrogens is 290 g/mol. The largest absolute Gasteiger partial charge is 0.331 e. The van der Waals surface area contributed by atoms with Crippen LogP contribution in [0.3, 0.4) is 0 Å². The van der Waals surface area contributed by atoms with Gasteiger partial charge in [0.25, 0.3) is 0 Å². The van der Waals surface area contributed by atoms with E-state index in [9.17, 15) is 0 Å². The summed E-state index contributed by atoms with van der Waals surface area (Å²) in [4.78, 5) is 0. The molecule has 108 valence electrons. The van der Waals surface area contributed by atoms with Gasteiger partial charge in [-0.1, -0.05) is 30.5 Å². The lowest BCUT2D eigenvalue weighted by Crippen LogP contribution is -2.25. The van der Waals surface area contributed by atoms with Gasteiger partial charge in [0.1, 0.15) is 0 Å². The van der Waals surface area contributed by atoms with Crippen LogP contribution in [0, 0.1) is 6.92 Å². The van der Waals surface area contributed by atoms with Gasteiger partial charge in [-0.15, -0.1) is 0 Å². The Bertz CT molecular complexity index is 504. The second kappa shape index (κ2) is 7.60. The second-order valence-electron chi connectivity index (χ2n) is 5.07. The summed E-state index contributed by atoms with van der Waals surface area (Å²) in [7, 11) is 0. The van der Waals surface area contributed by atoms with Gasteiger partial charge in [-0.05, 0) is 62.5 Å². The monoisotopic (exact) mass is 309 g/mol. The Balaban J connectivity index is 1.92. The van der Waals surface area contributed by atoms with Crippen molar-refractivity contribution in [1.82, 2.24) is 5.43 Å². The van der Waals surface area contributed by atoms with E-state index in [0.717, 1.165) is 29.1 Å². The molecule has 1 aromatic rings. The number of hydrazone groups is 1. The Labute approximate surface area is 130 Å². The maximum Gasteiger partial charge on any atom is 0.191 e. The summed E-state index contributed by atoms with van der Waals surface area (Å²) < 4.78 is 0. The third-order valence-electron chi connectivity index (χ3n) is 3.51. The Kier molecular flexibility index (Phi) is 5.80. The highest BCUT2D eigenvalue weighted by atomic mass is 35.5. The van der Waals surface area contributed by atoms with Crippen molar-refractivity contribution in [3.05, 3.63) is 28.8 Å². The third-order valence-corrected chi connectivity index (χ3v) is 4.11. The fraction of sp³-hybridized carbons (Fsp3) is 0.467. The number of nitrogens with one attached hydrogen (secondary N) is 2. The van der Waals surface area contributed by atoms with E-state index in [4.69, 9.17) is 23.8 Å². The minimum absolute atomic E-state index is 0.507. The summed E-state index contributed by atoms with van der Waals surface area (Å²) in [6.45, 7) is 1.96. The number of rotatable bonds is 2. The minimum Gasteiger partial charge on any atom is -0.331 e. The number of hydrogen-bond donors (Lipinski definition) is 2. The van der Waals surface area contributed by atoms with Crippen LogP contribution >= 0.6 is 23.8 Å². The van der Waals surface area contributed by atoms with Crippen LogP contribution in [0.25, 0.3) is 0 Å². The summed E-state index contributed by atoms with van der Waals surface area (Å²) in [5.41, 5.74) is 6.06. The molecule has 0 saturated heterocycles. The summed E-state index contributed by atoms with van der Waals surface area (Å²) in [5, 5.41) is 8.79. The third kappa shape index (κ3) is 4.46. The first kappa shape index (κ1) is 15.3. The fourth-order valence-corrected chi connectivity index (χ4v) is 2.60. The summed E-state index contributed by atoms with van der Waals surface area (Å²) in [6, 6.07) is 5.72. The highest BCUT2D eigenvalue weighted by Gasteiger charge is 2.07. The molecule has 0 spiro atoms. The first-order valence-corrected chi connectivity index (χ1v) is 7.83. The van der Waals surface area contributed by atoms with Crippen molar-refractivity contribution < 1.29 is 0 Å². The van der Waals surface area contributed by atoms with Gasteiger partial charge in [0.2, 0.25) is 0 Å². The molecular formula is C15H20ClN3S. The molecule has 20 heavy (non-hydrogen) atoms. The van der Waals surface area contributed by atoms with Crippen LogP contribution in [0.4, 0.5) is 5.69 Å². The molecule has 0 amide bonds. The van der Waals surface area contributed by atoms with E-state index >= 15 is 0 Å². The molecule has 2 rings (SSSR count). The quantitative estimate of drug-likeness (QED) is 0.474. The lowest BCUT2D eigenvalue weighted by atomic mass is 10.2. The van der Waals surface area contributed by atoms with E-state index in [0.29, 0.717) is 5.11 Å². The molecule has 1 aromatic carbocycles. The molecule has 0 bridgehead atoms. The molecule has 1 saturated carbocycles. The standard InChI is InChI=1S/C15H20ClN3S/c1-11-13(16)9-6-10-14(11)17-15(20)19-18-12-7-4-2-3-5-8-12/h6,9-10H,2-5,7-8H2,1H3,(H2,17,19,20). The fourth-order valence-electron chi connectivity index (χ4n) is 2.27. The highest BCUT2D eigenvalue weighted by Crippen LogP contribution is 2.22. The zero-order chi connectivity index (χ0) is 14.4. The zero-order valence-electron chi connectivity index (χ0n) is 11.7. The number of halogens is 1. The number of hydrogen-bond acceptors (Lipinski definition) is 2. The van der Waals surface area contributed by atoms with Gasteiger partial charge in [0.15, 0.2) is 5.11 Å². The van der Waals surface area contributed by atoms with Crippen molar-refractivity contribution in [3.63, 3.8) is 0 Å². The molecule has 1 fully saturated rings. The average Bonchev–Trinajstić information content (AvgIpc) is 2.70. The van der Waals surface area contributed by atoms with Crippen LogP contribution in [0.2, 0.25) is 5.02 Å². The lowest BCUT2D eigenvalue weighted by Gasteiger charge is -2.11. The molecule has 3 nitrogen and oxygen atoms in total. The normalized spacial score (nSPS) is 15.4. The molecule has 0 heterocycles. The topological polar surface area (TPSA) is 36.4 Å². The van der Waals surface area contributed by atoms with Crippen LogP contribution in [-0.4, -0.2) is 10.8 Å². The van der Waals surface area contributed by atoms with Crippen molar-refractivity contribution in [2.75, 3.05) is 5.32 Å². The van der Waals surface area contributed by atoms with Gasteiger partial charge in [-0.3, -0.25) is 5.43 Å². The molecule has 0 aromatic heterocycles. The Hall–Kier alpha value is -1.13. The second-order valence-corrected chi connectivity index (χ2v) is 5.89. The molecule has 0 radical (unpaired) electrons. The first-order chi connectivity index (χ1) is 9.66. The highest BCUT2D eigenvalue weighted by molar-refractivity contribution is 7.80. The van der Waals surface area contributed by atoms with Crippen molar-refractivity contribution in [1.29, 1.82) is 0 Å². The zero-order valence-corrected chi connectivity index (χ0v) is 13.3. The predicted molar refractivity (Wildman–Crippen MR) is 90.7 cm³/mol. The molecule has 0 aliphatic heterocycles. The van der Waals surface area contributed by atoms with E-state index in [1.54, 1.807) is 0 Å². The molecule has 5 heteroatoms. The lowest BCUT2D eigenvalue weighted by molar-refractivity contribution is 0.702. The van der Waals surface area contributed by atoms with E-state index < -0.39 is 0 Å². The Morgan fingerprint density at radius 1 is 1.20 bits per heavy atom. The molecule has 1 aliphatic carbocycles. The van der Waals surface area contributed by atoms with Crippen LogP contribution in [0.15, 0.2) is 23.3 Å². The van der Waals surface area contributed by atoms with Crippen molar-refractivity contribution in [2.24, 2.45) is 5.10 Å². The number of thiocarbonyl (C=S) groups is 1. The smallest absolute Gasteiger partial charge is 0.191 e. The van der Waals surface area contributed by atoms with Crippen LogP contribution < -0.4 is 10.7 Å². The van der Waals surface area contributed by atoms with E-state index in [2.05, 4.69) is 15.8 Å². The summed E-state index contributed by atoms with van der Waals surface area (Å²) in [6.07, 6.45) is 7.23. The maximum absolute atomic E-state index is 6.08. The van der Waals surface area contributed by atoms with Gasteiger partial charge in [-0.2, -0.15) is 5.10 Å². The average molecular weight is 310 g/mol. The van der Waals surface area contributed by atoms with Gasteiger partial charge >= 0.3 is 0 Å². The van der Waals surface area contributed by atoms with Gasteiger partial charge in [0, 0.05) is 16.4 Å². The molecule has 0 atom stereocenters. The minimum atomic E-state index is 0.507. The molecule has 0 unspecified atom stereocenters. The van der Waals surface area contributed by atoms with Gasteiger partial charge in [-0.25, -0.2) is 0 Å². The number of nitrogens with zero attached hydrogens (tertiary/aromatic N) is 1. The molecule has 1 aliphatic rings. The van der Waals surface area contributed by atoms with E-state index in [-0.39, 0.29) is 0 Å². The summed E-state index contributed by atoms with van der Waals surface area (Å²) in [5.74, 6) is 0. The first-order valence-electron chi connectivity index (χ1n) is 7.04. The van der Waals surface area contributed by atoms with Gasteiger partial charge < -0.3 is 5.32 Å². The van der Waals surface area contributed by atoms with Crippen LogP contribution in [0.5, 0.6) is 0 Å². The number of anilines is 1. The summed E-state index contributed by atoms with van der Waals surface area (Å²) >= 11 is 11.4. The number of benzene rings is 1. The van der Waals surface area contributed by atoms with Crippen LogP contribution in [0.1, 0.15) is 44.1 Å². The van der Waals surface area contributed by atoms with Crippen molar-refractivity contribution >= 4 is 40.3 Å². The van der Waals surface area contributed by atoms with Crippen LogP contribution in [-0.2, 0) is 0 Å². The SMILES string of the molecule is Cc1c(Cl)cccc1NC(=S)NN=C1CCCCCC1. The Morgan fingerprint density at radius 2 is 1.90 bits per heavy atom.